The van der Waals surface area contributed by atoms with Gasteiger partial charge in [-0.05, 0) is 38.6 Å². The zero-order valence-corrected chi connectivity index (χ0v) is 10.6. The van der Waals surface area contributed by atoms with Gasteiger partial charge in [-0.3, -0.25) is 9.59 Å². The maximum absolute atomic E-state index is 11.5. The Kier molecular flexibility index (Phi) is 9.17. The Hall–Kier alpha value is -1.18. The van der Waals surface area contributed by atoms with Crippen LogP contribution >= 0.6 is 0 Å². The maximum Gasteiger partial charge on any atom is 0.320 e. The van der Waals surface area contributed by atoms with Gasteiger partial charge in [-0.1, -0.05) is 0 Å². The molecule has 1 unspecified atom stereocenters. The van der Waals surface area contributed by atoms with Crippen molar-refractivity contribution in [2.75, 3.05) is 13.1 Å². The molecule has 0 radical (unpaired) electrons. The minimum Gasteiger partial charge on any atom is -0.480 e. The van der Waals surface area contributed by atoms with E-state index < -0.39 is 18.1 Å². The Labute approximate surface area is 107 Å². The Morgan fingerprint density at radius 2 is 1.67 bits per heavy atom. The van der Waals surface area contributed by atoms with Crippen LogP contribution in [0.3, 0.4) is 0 Å². The first-order chi connectivity index (χ1) is 8.49. The van der Waals surface area contributed by atoms with Crippen LogP contribution in [0.2, 0.25) is 0 Å². The summed E-state index contributed by atoms with van der Waals surface area (Å²) in [6.07, 6.45) is 3.06. The molecule has 0 bridgehead atoms. The largest absolute Gasteiger partial charge is 0.480 e. The van der Waals surface area contributed by atoms with Crippen molar-refractivity contribution in [3.8, 4) is 0 Å². The summed E-state index contributed by atoms with van der Waals surface area (Å²) >= 11 is 0. The topological polar surface area (TPSA) is 144 Å². The van der Waals surface area contributed by atoms with Crippen molar-refractivity contribution in [3.05, 3.63) is 0 Å². The van der Waals surface area contributed by atoms with Crippen molar-refractivity contribution >= 4 is 11.9 Å². The van der Waals surface area contributed by atoms with E-state index in [2.05, 4.69) is 5.32 Å². The monoisotopic (exact) mass is 260 g/mol. The fourth-order valence-electron chi connectivity index (χ4n) is 1.42. The Balaban J connectivity index is 3.54. The molecule has 0 saturated carbocycles. The van der Waals surface area contributed by atoms with Crippen molar-refractivity contribution in [2.24, 2.45) is 17.2 Å². The van der Waals surface area contributed by atoms with Crippen molar-refractivity contribution in [1.82, 2.24) is 5.32 Å². The lowest BCUT2D eigenvalue weighted by Crippen LogP contribution is -2.41. The van der Waals surface area contributed by atoms with E-state index in [1.165, 1.54) is 0 Å². The first-order valence-corrected chi connectivity index (χ1v) is 6.20. The van der Waals surface area contributed by atoms with Crippen LogP contribution < -0.4 is 22.5 Å². The molecule has 18 heavy (non-hydrogen) atoms. The second-order valence-corrected chi connectivity index (χ2v) is 4.27. The SMILES string of the molecule is NCCCC(N)C(=O)NCCCC[C@H](N)C(=O)O. The lowest BCUT2D eigenvalue weighted by molar-refractivity contribution is -0.138. The highest BCUT2D eigenvalue weighted by Gasteiger charge is 2.12. The lowest BCUT2D eigenvalue weighted by atomic mass is 10.1. The van der Waals surface area contributed by atoms with Crippen LogP contribution in [0, 0.1) is 0 Å². The van der Waals surface area contributed by atoms with Crippen LogP contribution in [0.5, 0.6) is 0 Å². The molecule has 0 fully saturated rings. The summed E-state index contributed by atoms with van der Waals surface area (Å²) in [5.41, 5.74) is 16.3. The van der Waals surface area contributed by atoms with E-state index in [9.17, 15) is 9.59 Å². The van der Waals surface area contributed by atoms with Gasteiger partial charge in [-0.2, -0.15) is 0 Å². The van der Waals surface area contributed by atoms with Gasteiger partial charge < -0.3 is 27.6 Å². The first kappa shape index (κ1) is 16.8. The molecule has 0 aliphatic carbocycles. The molecule has 0 aromatic carbocycles. The summed E-state index contributed by atoms with van der Waals surface area (Å²) in [4.78, 5) is 21.9. The molecule has 0 aliphatic heterocycles. The summed E-state index contributed by atoms with van der Waals surface area (Å²) in [6, 6.07) is -1.35. The average Bonchev–Trinajstić information content (AvgIpc) is 2.34. The predicted molar refractivity (Wildman–Crippen MR) is 68.7 cm³/mol. The molecule has 0 aliphatic rings. The lowest BCUT2D eigenvalue weighted by Gasteiger charge is -2.11. The third-order valence-electron chi connectivity index (χ3n) is 2.61. The molecule has 7 nitrogen and oxygen atoms in total. The van der Waals surface area contributed by atoms with E-state index in [1.807, 2.05) is 0 Å². The van der Waals surface area contributed by atoms with Gasteiger partial charge in [0.05, 0.1) is 6.04 Å². The van der Waals surface area contributed by atoms with E-state index >= 15 is 0 Å². The molecule has 106 valence electrons. The van der Waals surface area contributed by atoms with Crippen LogP contribution in [-0.4, -0.2) is 42.2 Å². The highest BCUT2D eigenvalue weighted by atomic mass is 16.4. The second-order valence-electron chi connectivity index (χ2n) is 4.27. The minimum atomic E-state index is -0.997. The van der Waals surface area contributed by atoms with E-state index in [4.69, 9.17) is 22.3 Å². The molecule has 1 amide bonds. The fraction of sp³-hybridized carbons (Fsp3) is 0.818. The summed E-state index contributed by atoms with van der Waals surface area (Å²) in [6.45, 7) is 1.01. The quantitative estimate of drug-likeness (QED) is 0.310. The molecular weight excluding hydrogens is 236 g/mol. The van der Waals surface area contributed by atoms with Gasteiger partial charge in [0.15, 0.2) is 0 Å². The third kappa shape index (κ3) is 7.99. The first-order valence-electron chi connectivity index (χ1n) is 6.20. The van der Waals surface area contributed by atoms with Crippen LogP contribution in [0.25, 0.3) is 0 Å². The highest BCUT2D eigenvalue weighted by Crippen LogP contribution is 1.99. The van der Waals surface area contributed by atoms with Gasteiger partial charge in [0.2, 0.25) is 5.91 Å². The molecule has 0 saturated heterocycles. The molecule has 0 spiro atoms. The molecule has 0 aromatic rings. The Bertz CT molecular complexity index is 261. The van der Waals surface area contributed by atoms with Gasteiger partial charge in [0.1, 0.15) is 6.04 Å². The summed E-state index contributed by atoms with van der Waals surface area (Å²) < 4.78 is 0. The zero-order valence-electron chi connectivity index (χ0n) is 10.6. The molecule has 0 rings (SSSR count). The van der Waals surface area contributed by atoms with Gasteiger partial charge in [-0.25, -0.2) is 0 Å². The van der Waals surface area contributed by atoms with E-state index in [0.29, 0.717) is 38.8 Å². The number of amides is 1. The van der Waals surface area contributed by atoms with E-state index in [1.54, 1.807) is 0 Å². The average molecular weight is 260 g/mol. The van der Waals surface area contributed by atoms with Crippen molar-refractivity contribution in [3.63, 3.8) is 0 Å². The third-order valence-corrected chi connectivity index (χ3v) is 2.61. The number of carbonyl (C=O) groups excluding carboxylic acids is 1. The van der Waals surface area contributed by atoms with Crippen LogP contribution in [0.1, 0.15) is 32.1 Å². The smallest absolute Gasteiger partial charge is 0.320 e. The van der Waals surface area contributed by atoms with Crippen molar-refractivity contribution < 1.29 is 14.7 Å². The number of rotatable bonds is 10. The van der Waals surface area contributed by atoms with Gasteiger partial charge in [-0.15, -0.1) is 0 Å². The van der Waals surface area contributed by atoms with Crippen LogP contribution in [0.4, 0.5) is 0 Å². The van der Waals surface area contributed by atoms with Crippen molar-refractivity contribution in [1.29, 1.82) is 0 Å². The number of hydrogen-bond donors (Lipinski definition) is 5. The Morgan fingerprint density at radius 1 is 1.06 bits per heavy atom. The van der Waals surface area contributed by atoms with Gasteiger partial charge in [0, 0.05) is 6.54 Å². The number of carboxylic acids is 1. The van der Waals surface area contributed by atoms with Gasteiger partial charge >= 0.3 is 5.97 Å². The summed E-state index contributed by atoms with van der Waals surface area (Å²) in [5, 5.41) is 11.3. The van der Waals surface area contributed by atoms with Crippen LogP contribution in [0.15, 0.2) is 0 Å². The molecule has 0 heterocycles. The van der Waals surface area contributed by atoms with Crippen molar-refractivity contribution in [2.45, 2.75) is 44.2 Å². The summed E-state index contributed by atoms with van der Waals surface area (Å²) in [5.74, 6) is -1.19. The van der Waals surface area contributed by atoms with Gasteiger partial charge in [0.25, 0.3) is 0 Å². The number of aliphatic carboxylic acids is 1. The zero-order chi connectivity index (χ0) is 14.0. The number of nitrogens with two attached hydrogens (primary N) is 3. The summed E-state index contributed by atoms with van der Waals surface area (Å²) in [7, 11) is 0. The molecule has 7 heteroatoms. The number of carbonyl (C=O) groups is 2. The standard InChI is InChI=1S/C11H24N4O3/c12-6-3-5-8(13)10(16)15-7-2-1-4-9(14)11(17)18/h8-9H,1-7,12-14H2,(H,15,16)(H,17,18)/t8?,9-/m0/s1. The minimum absolute atomic E-state index is 0.189. The normalized spacial score (nSPS) is 13.9. The highest BCUT2D eigenvalue weighted by molar-refractivity contribution is 5.81. The number of hydrogen-bond acceptors (Lipinski definition) is 5. The Morgan fingerprint density at radius 3 is 2.22 bits per heavy atom. The maximum atomic E-state index is 11.5. The number of carboxylic acid groups (broad SMARTS) is 1. The number of nitrogens with one attached hydrogen (secondary N) is 1. The molecular formula is C11H24N4O3. The second kappa shape index (κ2) is 9.81. The van der Waals surface area contributed by atoms with Crippen LogP contribution in [-0.2, 0) is 9.59 Å². The van der Waals surface area contributed by atoms with E-state index in [0.717, 1.165) is 6.42 Å². The molecule has 0 aromatic heterocycles. The predicted octanol–water partition coefficient (Wildman–Crippen LogP) is -1.25. The molecule has 8 N–H and O–H groups in total. The number of unbranched alkanes of at least 4 members (excludes halogenated alkanes) is 1. The molecule has 2 atom stereocenters. The van der Waals surface area contributed by atoms with E-state index in [-0.39, 0.29) is 5.91 Å². The fourth-order valence-corrected chi connectivity index (χ4v) is 1.42.